The third-order valence-corrected chi connectivity index (χ3v) is 1.47. The van der Waals surface area contributed by atoms with Crippen molar-refractivity contribution in [2.45, 2.75) is 6.92 Å². The minimum Gasteiger partial charge on any atom is -0.345 e. The first-order chi connectivity index (χ1) is 7.09. The van der Waals surface area contributed by atoms with Gasteiger partial charge in [0.25, 0.3) is 5.56 Å². The first-order valence-corrected chi connectivity index (χ1v) is 4.15. The summed E-state index contributed by atoms with van der Waals surface area (Å²) in [6.45, 7) is 1.53. The van der Waals surface area contributed by atoms with Crippen LogP contribution in [-0.4, -0.2) is 22.4 Å². The first-order valence-electron chi connectivity index (χ1n) is 4.15. The number of carbonyl (C=O) groups is 1. The maximum absolute atomic E-state index is 11.1. The number of carbonyl (C=O) groups excluding carboxylic acids is 1. The molecule has 0 aromatic carbocycles. The normalized spacial score (nSPS) is 8.87. The van der Waals surface area contributed by atoms with Gasteiger partial charge < -0.3 is 10.3 Å². The summed E-state index contributed by atoms with van der Waals surface area (Å²) in [7, 11) is 0. The molecule has 78 valence electrons. The van der Waals surface area contributed by atoms with Crippen LogP contribution in [-0.2, 0) is 4.79 Å². The maximum Gasteiger partial charge on any atom is 0.325 e. The Morgan fingerprint density at radius 3 is 2.87 bits per heavy atom. The van der Waals surface area contributed by atoms with E-state index in [9.17, 15) is 14.4 Å². The van der Waals surface area contributed by atoms with E-state index in [0.29, 0.717) is 0 Å². The van der Waals surface area contributed by atoms with Crippen molar-refractivity contribution in [3.8, 4) is 11.8 Å². The number of aromatic nitrogens is 2. The largest absolute Gasteiger partial charge is 0.345 e. The van der Waals surface area contributed by atoms with E-state index in [1.165, 1.54) is 13.1 Å². The highest BCUT2D eigenvalue weighted by Gasteiger charge is 1.94. The summed E-state index contributed by atoms with van der Waals surface area (Å²) in [6, 6.07) is 0. The van der Waals surface area contributed by atoms with Gasteiger partial charge in [-0.3, -0.25) is 14.6 Å². The summed E-state index contributed by atoms with van der Waals surface area (Å²) in [5.41, 5.74) is -0.971. The number of amides is 1. The van der Waals surface area contributed by atoms with Crippen molar-refractivity contribution in [3.05, 3.63) is 32.6 Å². The highest BCUT2D eigenvalue weighted by Crippen LogP contribution is 1.77. The number of hydrogen-bond donors (Lipinski definition) is 3. The van der Waals surface area contributed by atoms with Gasteiger partial charge in [-0.1, -0.05) is 11.8 Å². The molecule has 0 atom stereocenters. The van der Waals surface area contributed by atoms with Gasteiger partial charge in [-0.15, -0.1) is 0 Å². The molecule has 1 aromatic heterocycles. The quantitative estimate of drug-likeness (QED) is 0.492. The van der Waals surface area contributed by atoms with Crippen LogP contribution in [0.4, 0.5) is 0 Å². The van der Waals surface area contributed by atoms with Crippen LogP contribution in [0.2, 0.25) is 0 Å². The van der Waals surface area contributed by atoms with Crippen molar-refractivity contribution in [2.24, 2.45) is 0 Å². The zero-order valence-electron chi connectivity index (χ0n) is 8.01. The van der Waals surface area contributed by atoms with Crippen LogP contribution in [0.25, 0.3) is 0 Å². The van der Waals surface area contributed by atoms with E-state index < -0.39 is 11.2 Å². The van der Waals surface area contributed by atoms with E-state index in [0.717, 1.165) is 0 Å². The summed E-state index contributed by atoms with van der Waals surface area (Å²) >= 11 is 0. The molecule has 0 aliphatic carbocycles. The highest BCUT2D eigenvalue weighted by molar-refractivity contribution is 5.73. The van der Waals surface area contributed by atoms with Gasteiger partial charge in [0, 0.05) is 13.1 Å². The minimum atomic E-state index is -0.576. The second-order valence-electron chi connectivity index (χ2n) is 2.70. The van der Waals surface area contributed by atoms with Crippen LogP contribution in [0.15, 0.2) is 15.8 Å². The van der Waals surface area contributed by atoms with Gasteiger partial charge in [0.05, 0.1) is 6.54 Å². The van der Waals surface area contributed by atoms with Crippen LogP contribution in [0.3, 0.4) is 0 Å². The fourth-order valence-corrected chi connectivity index (χ4v) is 0.811. The Morgan fingerprint density at radius 1 is 1.53 bits per heavy atom. The van der Waals surface area contributed by atoms with Crippen molar-refractivity contribution in [3.63, 3.8) is 0 Å². The second kappa shape index (κ2) is 4.81. The van der Waals surface area contributed by atoms with Gasteiger partial charge in [-0.2, -0.15) is 0 Å². The minimum absolute atomic E-state index is 0.153. The molecular weight excluding hydrogens is 198 g/mol. The van der Waals surface area contributed by atoms with E-state index in [1.54, 1.807) is 0 Å². The molecule has 0 unspecified atom stereocenters. The molecule has 15 heavy (non-hydrogen) atoms. The number of aromatic amines is 2. The molecule has 6 heteroatoms. The van der Waals surface area contributed by atoms with Gasteiger partial charge in [0.1, 0.15) is 5.56 Å². The SMILES string of the molecule is CC(=O)NCC#Cc1c[nH]c(=O)[nH]c1=O. The lowest BCUT2D eigenvalue weighted by atomic mass is 10.3. The molecule has 0 bridgehead atoms. The Hall–Kier alpha value is -2.29. The standard InChI is InChI=1S/C9H9N3O3/c1-6(13)10-4-2-3-7-5-11-9(15)12-8(7)14/h5H,4H2,1H3,(H,10,13)(H2,11,12,14,15). The van der Waals surface area contributed by atoms with Crippen molar-refractivity contribution in [1.29, 1.82) is 0 Å². The van der Waals surface area contributed by atoms with Crippen molar-refractivity contribution < 1.29 is 4.79 Å². The van der Waals surface area contributed by atoms with Crippen LogP contribution >= 0.6 is 0 Å². The zero-order chi connectivity index (χ0) is 11.3. The van der Waals surface area contributed by atoms with Gasteiger partial charge in [0.15, 0.2) is 0 Å². The summed E-state index contributed by atoms with van der Waals surface area (Å²) < 4.78 is 0. The van der Waals surface area contributed by atoms with Gasteiger partial charge in [-0.05, 0) is 0 Å². The molecular formula is C9H9N3O3. The lowest BCUT2D eigenvalue weighted by Gasteiger charge is -1.91. The average molecular weight is 207 g/mol. The summed E-state index contributed by atoms with van der Waals surface area (Å²) in [6.07, 6.45) is 1.22. The lowest BCUT2D eigenvalue weighted by Crippen LogP contribution is -2.23. The number of nitrogens with one attached hydrogen (secondary N) is 3. The molecule has 1 rings (SSSR count). The lowest BCUT2D eigenvalue weighted by molar-refractivity contribution is -0.118. The Morgan fingerprint density at radius 2 is 2.27 bits per heavy atom. The molecule has 1 amide bonds. The molecule has 0 spiro atoms. The summed E-state index contributed by atoms with van der Waals surface area (Å²) in [4.78, 5) is 36.5. The smallest absolute Gasteiger partial charge is 0.325 e. The molecule has 0 radical (unpaired) electrons. The predicted molar refractivity (Wildman–Crippen MR) is 53.2 cm³/mol. The first kappa shape index (κ1) is 10.8. The molecule has 0 saturated heterocycles. The van der Waals surface area contributed by atoms with E-state index in [2.05, 4.69) is 22.1 Å². The van der Waals surface area contributed by atoms with E-state index in [1.807, 2.05) is 4.98 Å². The van der Waals surface area contributed by atoms with Crippen molar-refractivity contribution >= 4 is 5.91 Å². The highest BCUT2D eigenvalue weighted by atomic mass is 16.2. The van der Waals surface area contributed by atoms with Crippen LogP contribution in [0.5, 0.6) is 0 Å². The fraction of sp³-hybridized carbons (Fsp3) is 0.222. The maximum atomic E-state index is 11.1. The Labute approximate surface area is 84.7 Å². The zero-order valence-corrected chi connectivity index (χ0v) is 8.01. The second-order valence-corrected chi connectivity index (χ2v) is 2.70. The molecule has 0 saturated carbocycles. The van der Waals surface area contributed by atoms with Gasteiger partial charge in [-0.25, -0.2) is 4.79 Å². The fourth-order valence-electron chi connectivity index (χ4n) is 0.811. The van der Waals surface area contributed by atoms with Crippen LogP contribution in [0, 0.1) is 11.8 Å². The monoisotopic (exact) mass is 207 g/mol. The molecule has 0 fully saturated rings. The Kier molecular flexibility index (Phi) is 3.46. The predicted octanol–water partition coefficient (Wildman–Crippen LogP) is -1.45. The molecule has 0 aliphatic rings. The summed E-state index contributed by atoms with van der Waals surface area (Å²) in [5, 5.41) is 2.45. The average Bonchev–Trinajstić information content (AvgIpc) is 2.14. The molecule has 3 N–H and O–H groups in total. The molecule has 1 heterocycles. The molecule has 6 nitrogen and oxygen atoms in total. The third-order valence-electron chi connectivity index (χ3n) is 1.47. The number of hydrogen-bond acceptors (Lipinski definition) is 3. The summed E-state index contributed by atoms with van der Waals surface area (Å²) in [5.74, 6) is 4.89. The van der Waals surface area contributed by atoms with E-state index >= 15 is 0 Å². The Bertz CT molecular complexity index is 530. The third kappa shape index (κ3) is 3.52. The van der Waals surface area contributed by atoms with Crippen LogP contribution in [0.1, 0.15) is 12.5 Å². The Balaban J connectivity index is 2.76. The van der Waals surface area contributed by atoms with E-state index in [-0.39, 0.29) is 18.0 Å². The molecule has 1 aromatic rings. The van der Waals surface area contributed by atoms with Crippen molar-refractivity contribution in [1.82, 2.24) is 15.3 Å². The number of H-pyrrole nitrogens is 2. The topological polar surface area (TPSA) is 94.8 Å². The van der Waals surface area contributed by atoms with Crippen LogP contribution < -0.4 is 16.6 Å². The number of rotatable bonds is 1. The van der Waals surface area contributed by atoms with Crippen molar-refractivity contribution in [2.75, 3.05) is 6.54 Å². The molecule has 0 aliphatic heterocycles. The van der Waals surface area contributed by atoms with Gasteiger partial charge >= 0.3 is 5.69 Å². The van der Waals surface area contributed by atoms with Gasteiger partial charge in [0.2, 0.25) is 5.91 Å². The van der Waals surface area contributed by atoms with E-state index in [4.69, 9.17) is 0 Å².